The van der Waals surface area contributed by atoms with Crippen molar-refractivity contribution in [2.24, 2.45) is 11.3 Å². The van der Waals surface area contributed by atoms with Gasteiger partial charge in [0.2, 0.25) is 0 Å². The minimum atomic E-state index is 0.450. The highest BCUT2D eigenvalue weighted by Gasteiger charge is 2.36. The molecule has 0 amide bonds. The largest absolute Gasteiger partial charge is 0.441 e. The van der Waals surface area contributed by atoms with E-state index < -0.39 is 0 Å². The normalized spacial score (nSPS) is 25.9. The van der Waals surface area contributed by atoms with Crippen molar-refractivity contribution in [3.8, 4) is 0 Å². The Morgan fingerprint density at radius 1 is 1.32 bits per heavy atom. The highest BCUT2D eigenvalue weighted by atomic mass is 16.3. The Labute approximate surface area is 114 Å². The van der Waals surface area contributed by atoms with Crippen molar-refractivity contribution in [3.63, 3.8) is 0 Å². The first-order valence-corrected chi connectivity index (χ1v) is 7.07. The number of fused-ring (bicyclic) bond motifs is 1. The summed E-state index contributed by atoms with van der Waals surface area (Å²) in [6.45, 7) is 8.94. The van der Waals surface area contributed by atoms with Gasteiger partial charge in [0.15, 0.2) is 11.5 Å². The fraction of sp³-hybridized carbons (Fsp3) is 0.562. The third kappa shape index (κ3) is 2.46. The third-order valence-electron chi connectivity index (χ3n) is 4.18. The van der Waals surface area contributed by atoms with Crippen LogP contribution in [0.3, 0.4) is 0 Å². The Morgan fingerprint density at radius 3 is 2.79 bits per heavy atom. The monoisotopic (exact) mass is 258 g/mol. The van der Waals surface area contributed by atoms with Crippen LogP contribution in [-0.2, 0) is 0 Å². The van der Waals surface area contributed by atoms with Gasteiger partial charge in [-0.2, -0.15) is 0 Å². The van der Waals surface area contributed by atoms with E-state index in [9.17, 15) is 0 Å². The molecular weight excluding hydrogens is 236 g/mol. The van der Waals surface area contributed by atoms with E-state index in [1.165, 1.54) is 12.8 Å². The molecule has 1 aliphatic carbocycles. The molecule has 2 atom stereocenters. The molecule has 0 saturated heterocycles. The van der Waals surface area contributed by atoms with Crippen LogP contribution >= 0.6 is 0 Å². The summed E-state index contributed by atoms with van der Waals surface area (Å²) < 4.78 is 5.51. The van der Waals surface area contributed by atoms with Gasteiger partial charge in [-0.3, -0.25) is 0 Å². The molecule has 1 heterocycles. The molecule has 3 rings (SSSR count). The summed E-state index contributed by atoms with van der Waals surface area (Å²) in [5.41, 5.74) is 3.40. The topological polar surface area (TPSA) is 38.1 Å². The first-order valence-electron chi connectivity index (χ1n) is 7.07. The molecule has 1 saturated carbocycles. The molecule has 19 heavy (non-hydrogen) atoms. The molecule has 0 bridgehead atoms. The molecule has 1 N–H and O–H groups in total. The van der Waals surface area contributed by atoms with Crippen molar-refractivity contribution < 1.29 is 4.42 Å². The highest BCUT2D eigenvalue weighted by molar-refractivity contribution is 5.77. The van der Waals surface area contributed by atoms with Gasteiger partial charge in [0.25, 0.3) is 0 Å². The standard InChI is InChI=1S/C16H22N2O/c1-10-8-16(3,4)9-14(10)18-12-5-6-15-13(7-12)17-11(2)19-15/h5-7,10,14,18H,8-9H2,1-4H3. The van der Waals surface area contributed by atoms with Crippen LogP contribution in [0.1, 0.15) is 39.5 Å². The molecule has 0 spiro atoms. The Bertz CT molecular complexity index is 600. The summed E-state index contributed by atoms with van der Waals surface area (Å²) in [4.78, 5) is 4.39. The van der Waals surface area contributed by atoms with Crippen LogP contribution in [-0.4, -0.2) is 11.0 Å². The van der Waals surface area contributed by atoms with Gasteiger partial charge in [-0.1, -0.05) is 20.8 Å². The van der Waals surface area contributed by atoms with Crippen LogP contribution in [0.15, 0.2) is 22.6 Å². The molecule has 1 aliphatic rings. The maximum atomic E-state index is 5.51. The van der Waals surface area contributed by atoms with Crippen molar-refractivity contribution in [1.29, 1.82) is 0 Å². The van der Waals surface area contributed by atoms with Crippen molar-refractivity contribution in [1.82, 2.24) is 4.98 Å². The predicted molar refractivity (Wildman–Crippen MR) is 78.3 cm³/mol. The number of nitrogens with zero attached hydrogens (tertiary/aromatic N) is 1. The second kappa shape index (κ2) is 4.26. The van der Waals surface area contributed by atoms with E-state index in [1.54, 1.807) is 0 Å². The van der Waals surface area contributed by atoms with Gasteiger partial charge < -0.3 is 9.73 Å². The Kier molecular flexibility index (Phi) is 2.80. The average molecular weight is 258 g/mol. The first kappa shape index (κ1) is 12.5. The lowest BCUT2D eigenvalue weighted by Crippen LogP contribution is -2.22. The summed E-state index contributed by atoms with van der Waals surface area (Å²) in [6.07, 6.45) is 2.51. The van der Waals surface area contributed by atoms with E-state index >= 15 is 0 Å². The molecule has 1 aromatic carbocycles. The summed E-state index contributed by atoms with van der Waals surface area (Å²) in [7, 11) is 0. The number of nitrogens with one attached hydrogen (secondary N) is 1. The minimum Gasteiger partial charge on any atom is -0.441 e. The van der Waals surface area contributed by atoms with E-state index in [2.05, 4.69) is 43.2 Å². The second-order valence-corrected chi connectivity index (χ2v) is 6.72. The summed E-state index contributed by atoms with van der Waals surface area (Å²) in [5, 5.41) is 3.67. The maximum absolute atomic E-state index is 5.51. The number of hydrogen-bond donors (Lipinski definition) is 1. The van der Waals surface area contributed by atoms with E-state index in [4.69, 9.17) is 4.42 Å². The zero-order valence-electron chi connectivity index (χ0n) is 12.2. The number of aromatic nitrogens is 1. The lowest BCUT2D eigenvalue weighted by atomic mass is 9.91. The van der Waals surface area contributed by atoms with Gasteiger partial charge in [-0.25, -0.2) is 4.98 Å². The van der Waals surface area contributed by atoms with Crippen LogP contribution < -0.4 is 5.32 Å². The molecule has 1 fully saturated rings. The Morgan fingerprint density at radius 2 is 2.11 bits per heavy atom. The van der Waals surface area contributed by atoms with Crippen molar-refractivity contribution in [2.75, 3.05) is 5.32 Å². The van der Waals surface area contributed by atoms with Crippen molar-refractivity contribution in [2.45, 2.75) is 46.6 Å². The molecule has 1 aromatic heterocycles. The molecule has 3 heteroatoms. The lowest BCUT2D eigenvalue weighted by molar-refractivity contribution is 0.366. The number of aryl methyl sites for hydroxylation is 1. The highest BCUT2D eigenvalue weighted by Crippen LogP contribution is 2.42. The van der Waals surface area contributed by atoms with Crippen molar-refractivity contribution in [3.05, 3.63) is 24.1 Å². The first-order chi connectivity index (χ1) is 8.93. The zero-order chi connectivity index (χ0) is 13.6. The molecule has 102 valence electrons. The second-order valence-electron chi connectivity index (χ2n) is 6.72. The van der Waals surface area contributed by atoms with Gasteiger partial charge in [-0.05, 0) is 42.4 Å². The molecule has 0 radical (unpaired) electrons. The molecule has 3 nitrogen and oxygen atoms in total. The van der Waals surface area contributed by atoms with Gasteiger partial charge in [0, 0.05) is 18.7 Å². The predicted octanol–water partition coefficient (Wildman–Crippen LogP) is 4.37. The van der Waals surface area contributed by atoms with Crippen molar-refractivity contribution >= 4 is 16.8 Å². The van der Waals surface area contributed by atoms with E-state index in [-0.39, 0.29) is 0 Å². The van der Waals surface area contributed by atoms with Crippen LogP contribution in [0.4, 0.5) is 5.69 Å². The average Bonchev–Trinajstić information content (AvgIpc) is 2.77. The third-order valence-corrected chi connectivity index (χ3v) is 4.18. The fourth-order valence-corrected chi connectivity index (χ4v) is 3.43. The van der Waals surface area contributed by atoms with Crippen LogP contribution in [0, 0.1) is 18.3 Å². The summed E-state index contributed by atoms with van der Waals surface area (Å²) >= 11 is 0. The van der Waals surface area contributed by atoms with Crippen LogP contribution in [0.5, 0.6) is 0 Å². The fourth-order valence-electron chi connectivity index (χ4n) is 3.43. The number of rotatable bonds is 2. The van der Waals surface area contributed by atoms with Gasteiger partial charge in [-0.15, -0.1) is 0 Å². The number of benzene rings is 1. The summed E-state index contributed by atoms with van der Waals surface area (Å²) in [5.74, 6) is 1.44. The molecular formula is C16H22N2O. The Hall–Kier alpha value is -1.51. The lowest BCUT2D eigenvalue weighted by Gasteiger charge is -2.19. The quantitative estimate of drug-likeness (QED) is 0.869. The van der Waals surface area contributed by atoms with Crippen LogP contribution in [0.2, 0.25) is 0 Å². The molecule has 2 unspecified atom stereocenters. The number of anilines is 1. The SMILES string of the molecule is Cc1nc2cc(NC3CC(C)(C)CC3C)ccc2o1. The minimum absolute atomic E-state index is 0.450. The zero-order valence-corrected chi connectivity index (χ0v) is 12.2. The van der Waals surface area contributed by atoms with E-state index in [0.29, 0.717) is 17.4 Å². The number of oxazole rings is 1. The van der Waals surface area contributed by atoms with E-state index in [0.717, 1.165) is 22.7 Å². The summed E-state index contributed by atoms with van der Waals surface area (Å²) in [6, 6.07) is 6.73. The molecule has 0 aliphatic heterocycles. The van der Waals surface area contributed by atoms with Gasteiger partial charge in [0.05, 0.1) is 0 Å². The molecule has 2 aromatic rings. The smallest absolute Gasteiger partial charge is 0.192 e. The van der Waals surface area contributed by atoms with Gasteiger partial charge in [0.1, 0.15) is 5.52 Å². The number of hydrogen-bond acceptors (Lipinski definition) is 3. The van der Waals surface area contributed by atoms with Gasteiger partial charge >= 0.3 is 0 Å². The Balaban J connectivity index is 1.81. The maximum Gasteiger partial charge on any atom is 0.192 e. The van der Waals surface area contributed by atoms with Crippen LogP contribution in [0.25, 0.3) is 11.1 Å². The van der Waals surface area contributed by atoms with E-state index in [1.807, 2.05) is 13.0 Å².